The number of carbonyl (C=O) groups excluding carboxylic acids is 3. The fourth-order valence-electron chi connectivity index (χ4n) is 2.42. The van der Waals surface area contributed by atoms with Gasteiger partial charge in [-0.15, -0.1) is 11.3 Å². The first-order chi connectivity index (χ1) is 13.3. The van der Waals surface area contributed by atoms with Crippen LogP contribution in [0.25, 0.3) is 6.08 Å². The Balaban J connectivity index is 1.58. The molecule has 0 aliphatic carbocycles. The van der Waals surface area contributed by atoms with Gasteiger partial charge in [-0.3, -0.25) is 19.3 Å². The standard InChI is InChI=1S/C18H14N2O6S2/c21-13-8-10(3-4-12(13)17(24)25)19-15(22)5-6-20-16(23)14(28-18(20)26)9-11-2-1-7-27-11/h1-4,7-9,21H,5-6H2,(H,19,22)(H,24,25). The smallest absolute Gasteiger partial charge is 0.339 e. The Morgan fingerprint density at radius 1 is 1.21 bits per heavy atom. The van der Waals surface area contributed by atoms with Crippen molar-refractivity contribution in [3.63, 3.8) is 0 Å². The number of thiophene rings is 1. The Morgan fingerprint density at radius 2 is 2.00 bits per heavy atom. The maximum Gasteiger partial charge on any atom is 0.339 e. The number of hydrogen-bond donors (Lipinski definition) is 3. The van der Waals surface area contributed by atoms with E-state index in [1.54, 1.807) is 6.08 Å². The third-order valence-corrected chi connectivity index (χ3v) is 5.49. The highest BCUT2D eigenvalue weighted by molar-refractivity contribution is 8.18. The Morgan fingerprint density at radius 3 is 2.64 bits per heavy atom. The summed E-state index contributed by atoms with van der Waals surface area (Å²) in [5.74, 6) is -2.69. The van der Waals surface area contributed by atoms with Crippen molar-refractivity contribution in [1.29, 1.82) is 0 Å². The molecule has 8 nitrogen and oxygen atoms in total. The molecule has 144 valence electrons. The average molecular weight is 418 g/mol. The largest absolute Gasteiger partial charge is 0.507 e. The van der Waals surface area contributed by atoms with Crippen LogP contribution in [0.1, 0.15) is 21.7 Å². The lowest BCUT2D eigenvalue weighted by Crippen LogP contribution is -2.31. The molecule has 1 aromatic heterocycles. The summed E-state index contributed by atoms with van der Waals surface area (Å²) in [5.41, 5.74) is -0.0763. The number of nitrogens with one attached hydrogen (secondary N) is 1. The van der Waals surface area contributed by atoms with E-state index < -0.39 is 28.8 Å². The van der Waals surface area contributed by atoms with Gasteiger partial charge in [-0.1, -0.05) is 6.07 Å². The molecule has 0 unspecified atom stereocenters. The fourth-order valence-corrected chi connectivity index (χ4v) is 4.01. The molecule has 3 amide bonds. The molecule has 0 spiro atoms. The van der Waals surface area contributed by atoms with E-state index in [-0.39, 0.29) is 24.2 Å². The Kier molecular flexibility index (Phi) is 5.81. The second kappa shape index (κ2) is 8.28. The molecule has 1 aliphatic rings. The quantitative estimate of drug-likeness (QED) is 0.615. The van der Waals surface area contributed by atoms with Crippen LogP contribution in [0, 0.1) is 0 Å². The number of anilines is 1. The van der Waals surface area contributed by atoms with Crippen molar-refractivity contribution in [2.75, 3.05) is 11.9 Å². The summed E-state index contributed by atoms with van der Waals surface area (Å²) < 4.78 is 0. The van der Waals surface area contributed by atoms with Crippen molar-refractivity contribution >= 4 is 57.9 Å². The third-order valence-electron chi connectivity index (χ3n) is 3.76. The van der Waals surface area contributed by atoms with Gasteiger partial charge in [0.2, 0.25) is 5.91 Å². The number of carboxylic acid groups (broad SMARTS) is 1. The number of thioether (sulfide) groups is 1. The second-order valence-electron chi connectivity index (χ2n) is 5.68. The molecule has 3 rings (SSSR count). The normalized spacial score (nSPS) is 15.3. The van der Waals surface area contributed by atoms with E-state index in [9.17, 15) is 24.3 Å². The molecule has 10 heteroatoms. The summed E-state index contributed by atoms with van der Waals surface area (Å²) in [4.78, 5) is 49.5. The molecule has 2 aromatic rings. The van der Waals surface area contributed by atoms with Crippen molar-refractivity contribution in [1.82, 2.24) is 4.90 Å². The van der Waals surface area contributed by atoms with Crippen molar-refractivity contribution in [3.05, 3.63) is 51.1 Å². The van der Waals surface area contributed by atoms with Crippen molar-refractivity contribution < 1.29 is 29.4 Å². The summed E-state index contributed by atoms with van der Waals surface area (Å²) in [7, 11) is 0. The van der Waals surface area contributed by atoms with Crippen LogP contribution in [0.3, 0.4) is 0 Å². The minimum absolute atomic E-state index is 0.0858. The summed E-state index contributed by atoms with van der Waals surface area (Å²) in [6.45, 7) is -0.0858. The second-order valence-corrected chi connectivity index (χ2v) is 7.66. The molecular weight excluding hydrogens is 404 g/mol. The number of benzene rings is 1. The van der Waals surface area contributed by atoms with E-state index >= 15 is 0 Å². The molecule has 0 saturated carbocycles. The van der Waals surface area contributed by atoms with Crippen LogP contribution in [0.5, 0.6) is 5.75 Å². The van der Waals surface area contributed by atoms with Crippen LogP contribution >= 0.6 is 23.1 Å². The molecule has 1 aromatic carbocycles. The van der Waals surface area contributed by atoms with Crippen molar-refractivity contribution in [3.8, 4) is 5.75 Å². The lowest BCUT2D eigenvalue weighted by atomic mass is 10.2. The van der Waals surface area contributed by atoms with Crippen LogP contribution in [-0.4, -0.2) is 44.7 Å². The Labute approximate surface area is 167 Å². The summed E-state index contributed by atoms with van der Waals surface area (Å²) >= 11 is 2.27. The maximum atomic E-state index is 12.4. The van der Waals surface area contributed by atoms with Gasteiger partial charge in [-0.2, -0.15) is 0 Å². The van der Waals surface area contributed by atoms with E-state index in [0.717, 1.165) is 27.6 Å². The number of phenols is 1. The highest BCUT2D eigenvalue weighted by atomic mass is 32.2. The van der Waals surface area contributed by atoms with Gasteiger partial charge in [0.25, 0.3) is 11.1 Å². The summed E-state index contributed by atoms with van der Waals surface area (Å²) in [6, 6.07) is 7.29. The lowest BCUT2D eigenvalue weighted by Gasteiger charge is -2.12. The SMILES string of the molecule is O=C(CCN1C(=O)SC(=Cc2cccs2)C1=O)Nc1ccc(C(=O)O)c(O)c1. The predicted molar refractivity (Wildman–Crippen MR) is 105 cm³/mol. The van der Waals surface area contributed by atoms with Gasteiger partial charge < -0.3 is 15.5 Å². The first-order valence-electron chi connectivity index (χ1n) is 8.00. The molecule has 1 fully saturated rings. The van der Waals surface area contributed by atoms with Crippen molar-refractivity contribution in [2.45, 2.75) is 6.42 Å². The molecule has 28 heavy (non-hydrogen) atoms. The lowest BCUT2D eigenvalue weighted by molar-refractivity contribution is -0.123. The van der Waals surface area contributed by atoms with Gasteiger partial charge in [-0.25, -0.2) is 4.79 Å². The van der Waals surface area contributed by atoms with Crippen LogP contribution in [-0.2, 0) is 9.59 Å². The molecule has 3 N–H and O–H groups in total. The minimum atomic E-state index is -1.29. The van der Waals surface area contributed by atoms with Gasteiger partial charge in [0.05, 0.1) is 4.91 Å². The summed E-state index contributed by atoms with van der Waals surface area (Å²) in [5, 5.41) is 22.4. The van der Waals surface area contributed by atoms with Gasteiger partial charge >= 0.3 is 5.97 Å². The molecular formula is C18H14N2O6S2. The number of amides is 3. The molecule has 0 atom stereocenters. The van der Waals surface area contributed by atoms with E-state index in [2.05, 4.69) is 5.32 Å². The number of hydrogen-bond acceptors (Lipinski definition) is 7. The number of carbonyl (C=O) groups is 4. The number of aromatic hydroxyl groups is 1. The Bertz CT molecular complexity index is 984. The zero-order chi connectivity index (χ0) is 20.3. The fraction of sp³-hybridized carbons (Fsp3) is 0.111. The van der Waals surface area contributed by atoms with E-state index in [1.165, 1.54) is 23.5 Å². The first kappa shape index (κ1) is 19.6. The predicted octanol–water partition coefficient (Wildman–Crippen LogP) is 3.22. The number of nitrogens with zero attached hydrogens (tertiary/aromatic N) is 1. The molecule has 2 heterocycles. The minimum Gasteiger partial charge on any atom is -0.507 e. The van der Waals surface area contributed by atoms with Crippen LogP contribution in [0.15, 0.2) is 40.6 Å². The number of imide groups is 1. The van der Waals surface area contributed by atoms with Gasteiger partial charge in [0, 0.05) is 29.6 Å². The van der Waals surface area contributed by atoms with Crippen LogP contribution in [0.4, 0.5) is 10.5 Å². The van der Waals surface area contributed by atoms with E-state index in [0.29, 0.717) is 4.91 Å². The van der Waals surface area contributed by atoms with Gasteiger partial charge in [0.1, 0.15) is 11.3 Å². The van der Waals surface area contributed by atoms with Crippen LogP contribution < -0.4 is 5.32 Å². The molecule has 0 radical (unpaired) electrons. The van der Waals surface area contributed by atoms with Gasteiger partial charge in [0.15, 0.2) is 0 Å². The van der Waals surface area contributed by atoms with E-state index in [1.807, 2.05) is 17.5 Å². The zero-order valence-corrected chi connectivity index (χ0v) is 15.9. The third kappa shape index (κ3) is 4.41. The van der Waals surface area contributed by atoms with E-state index in [4.69, 9.17) is 5.11 Å². The monoisotopic (exact) mass is 418 g/mol. The molecule has 0 bridgehead atoms. The molecule has 1 saturated heterocycles. The summed E-state index contributed by atoms with van der Waals surface area (Å²) in [6.07, 6.45) is 1.51. The first-order valence-corrected chi connectivity index (χ1v) is 9.70. The average Bonchev–Trinajstić information content (AvgIpc) is 3.22. The number of aromatic carboxylic acids is 1. The zero-order valence-electron chi connectivity index (χ0n) is 14.2. The number of carboxylic acids is 1. The van der Waals surface area contributed by atoms with Crippen molar-refractivity contribution in [2.24, 2.45) is 0 Å². The maximum absolute atomic E-state index is 12.4. The van der Waals surface area contributed by atoms with Crippen LogP contribution in [0.2, 0.25) is 0 Å². The highest BCUT2D eigenvalue weighted by Crippen LogP contribution is 2.33. The molecule has 1 aliphatic heterocycles. The number of rotatable bonds is 6. The highest BCUT2D eigenvalue weighted by Gasteiger charge is 2.35. The van der Waals surface area contributed by atoms with Gasteiger partial charge in [-0.05, 0) is 41.4 Å². The Hall–Kier alpha value is -3.11. The topological polar surface area (TPSA) is 124 Å².